The van der Waals surface area contributed by atoms with Gasteiger partial charge in [0.25, 0.3) is 0 Å². The molecule has 2 aromatic carbocycles. The van der Waals surface area contributed by atoms with Crippen LogP contribution in [0.15, 0.2) is 42.5 Å². The predicted octanol–water partition coefficient (Wildman–Crippen LogP) is 5.57. The third-order valence-electron chi connectivity index (χ3n) is 6.45. The van der Waals surface area contributed by atoms with Crippen molar-refractivity contribution in [2.75, 3.05) is 56.7 Å². The van der Waals surface area contributed by atoms with Gasteiger partial charge >= 0.3 is 12.2 Å². The zero-order chi connectivity index (χ0) is 27.2. The van der Waals surface area contributed by atoms with Crippen LogP contribution in [-0.2, 0) is 6.18 Å². The van der Waals surface area contributed by atoms with E-state index < -0.39 is 11.7 Å². The van der Waals surface area contributed by atoms with Gasteiger partial charge in [0.2, 0.25) is 0 Å². The Morgan fingerprint density at radius 1 is 1.00 bits per heavy atom. The molecule has 0 radical (unpaired) electrons. The standard InChI is InChI=1S/C27H37F3N4O3/c1-19(2)34(20(3)4)15-16-37-25-18-22(9-10-24(25)36-5)31-26(35)33-13-11-32(12-14-33)23-8-6-7-21(17-23)27(28,29)30/h6-10,17-20H,11-16H2,1-5H3,(H,31,35). The zero-order valence-corrected chi connectivity index (χ0v) is 22.1. The van der Waals surface area contributed by atoms with E-state index in [-0.39, 0.29) is 6.03 Å². The van der Waals surface area contributed by atoms with Gasteiger partial charge in [0, 0.05) is 62.2 Å². The normalized spacial score (nSPS) is 14.5. The van der Waals surface area contributed by atoms with E-state index in [1.54, 1.807) is 36.3 Å². The number of alkyl halides is 3. The average Bonchev–Trinajstić information content (AvgIpc) is 2.86. The van der Waals surface area contributed by atoms with E-state index in [9.17, 15) is 18.0 Å². The molecule has 7 nitrogen and oxygen atoms in total. The molecule has 1 fully saturated rings. The maximum absolute atomic E-state index is 13.1. The summed E-state index contributed by atoms with van der Waals surface area (Å²) >= 11 is 0. The average molecular weight is 523 g/mol. The highest BCUT2D eigenvalue weighted by atomic mass is 19.4. The van der Waals surface area contributed by atoms with E-state index in [4.69, 9.17) is 9.47 Å². The molecule has 0 saturated carbocycles. The van der Waals surface area contributed by atoms with Crippen LogP contribution >= 0.6 is 0 Å². The molecule has 0 atom stereocenters. The van der Waals surface area contributed by atoms with Crippen molar-refractivity contribution in [2.45, 2.75) is 46.0 Å². The van der Waals surface area contributed by atoms with Crippen molar-refractivity contribution >= 4 is 17.4 Å². The lowest BCUT2D eigenvalue weighted by Crippen LogP contribution is -2.50. The number of benzene rings is 2. The SMILES string of the molecule is COc1ccc(NC(=O)N2CCN(c3cccc(C(F)(F)F)c3)CC2)cc1OCCN(C(C)C)C(C)C. The summed E-state index contributed by atoms with van der Waals surface area (Å²) in [4.78, 5) is 18.7. The van der Waals surface area contributed by atoms with Crippen LogP contribution in [0.2, 0.25) is 0 Å². The molecule has 0 unspecified atom stereocenters. The van der Waals surface area contributed by atoms with Gasteiger partial charge in [0.15, 0.2) is 11.5 Å². The molecule has 1 heterocycles. The molecule has 1 saturated heterocycles. The largest absolute Gasteiger partial charge is 0.493 e. The summed E-state index contributed by atoms with van der Waals surface area (Å²) in [5.41, 5.74) is 0.398. The Labute approximate surface area is 217 Å². The molecule has 2 amide bonds. The molecular formula is C27H37F3N4O3. The summed E-state index contributed by atoms with van der Waals surface area (Å²) in [6.45, 7) is 11.5. The van der Waals surface area contributed by atoms with Gasteiger partial charge in [-0.15, -0.1) is 0 Å². The second-order valence-corrected chi connectivity index (χ2v) is 9.59. The smallest absolute Gasteiger partial charge is 0.416 e. The van der Waals surface area contributed by atoms with Crippen molar-refractivity contribution in [3.05, 3.63) is 48.0 Å². The Balaban J connectivity index is 1.57. The lowest BCUT2D eigenvalue weighted by atomic mass is 10.1. The molecular weight excluding hydrogens is 485 g/mol. The quantitative estimate of drug-likeness (QED) is 0.467. The fourth-order valence-electron chi connectivity index (χ4n) is 4.49. The maximum Gasteiger partial charge on any atom is 0.416 e. The number of hydrogen-bond acceptors (Lipinski definition) is 5. The third kappa shape index (κ3) is 7.67. The predicted molar refractivity (Wildman–Crippen MR) is 140 cm³/mol. The summed E-state index contributed by atoms with van der Waals surface area (Å²) in [6.07, 6.45) is -4.39. The first-order chi connectivity index (χ1) is 17.5. The molecule has 1 aliphatic rings. The van der Waals surface area contributed by atoms with Crippen molar-refractivity contribution in [3.63, 3.8) is 0 Å². The number of anilines is 2. The van der Waals surface area contributed by atoms with Gasteiger partial charge in [-0.2, -0.15) is 13.2 Å². The minimum atomic E-state index is -4.39. The number of ether oxygens (including phenoxy) is 2. The second kappa shape index (κ2) is 12.4. The van der Waals surface area contributed by atoms with Gasteiger partial charge in [-0.25, -0.2) is 4.79 Å². The summed E-state index contributed by atoms with van der Waals surface area (Å²) in [7, 11) is 1.57. The number of nitrogens with zero attached hydrogens (tertiary/aromatic N) is 3. The van der Waals surface area contributed by atoms with E-state index in [0.717, 1.165) is 18.7 Å². The molecule has 204 valence electrons. The molecule has 1 aliphatic heterocycles. The van der Waals surface area contributed by atoms with Gasteiger partial charge in [0.05, 0.1) is 12.7 Å². The number of carbonyl (C=O) groups is 1. The molecule has 1 N–H and O–H groups in total. The van der Waals surface area contributed by atoms with E-state index >= 15 is 0 Å². The first-order valence-electron chi connectivity index (χ1n) is 12.5. The summed E-state index contributed by atoms with van der Waals surface area (Å²) in [5.74, 6) is 1.12. The molecule has 2 aromatic rings. The second-order valence-electron chi connectivity index (χ2n) is 9.59. The molecule has 0 bridgehead atoms. The van der Waals surface area contributed by atoms with Gasteiger partial charge < -0.3 is 24.6 Å². The van der Waals surface area contributed by atoms with E-state index in [1.165, 1.54) is 6.07 Å². The van der Waals surface area contributed by atoms with Crippen LogP contribution < -0.4 is 19.7 Å². The van der Waals surface area contributed by atoms with Crippen LogP contribution in [0.5, 0.6) is 11.5 Å². The third-order valence-corrected chi connectivity index (χ3v) is 6.45. The van der Waals surface area contributed by atoms with Crippen LogP contribution in [0.4, 0.5) is 29.3 Å². The highest BCUT2D eigenvalue weighted by Crippen LogP contribution is 2.32. The molecule has 0 aliphatic carbocycles. The minimum Gasteiger partial charge on any atom is -0.493 e. The van der Waals surface area contributed by atoms with Crippen LogP contribution in [0.3, 0.4) is 0 Å². The molecule has 37 heavy (non-hydrogen) atoms. The molecule has 0 spiro atoms. The van der Waals surface area contributed by atoms with Crippen LogP contribution in [-0.4, -0.2) is 74.4 Å². The van der Waals surface area contributed by atoms with Gasteiger partial charge in [-0.05, 0) is 58.0 Å². The lowest BCUT2D eigenvalue weighted by molar-refractivity contribution is -0.137. The number of urea groups is 1. The molecule has 0 aromatic heterocycles. The number of methoxy groups -OCH3 is 1. The fourth-order valence-corrected chi connectivity index (χ4v) is 4.49. The number of rotatable bonds is 9. The van der Waals surface area contributed by atoms with Crippen LogP contribution in [0, 0.1) is 0 Å². The number of piperazine rings is 1. The van der Waals surface area contributed by atoms with Crippen LogP contribution in [0.25, 0.3) is 0 Å². The summed E-state index contributed by atoms with van der Waals surface area (Å²) < 4.78 is 50.6. The monoisotopic (exact) mass is 522 g/mol. The topological polar surface area (TPSA) is 57.3 Å². The van der Waals surface area contributed by atoms with Crippen molar-refractivity contribution < 1.29 is 27.4 Å². The summed E-state index contributed by atoms with van der Waals surface area (Å²) in [5, 5.41) is 2.90. The first-order valence-corrected chi connectivity index (χ1v) is 12.5. The Morgan fingerprint density at radius 2 is 1.68 bits per heavy atom. The van der Waals surface area contributed by atoms with Crippen molar-refractivity contribution in [3.8, 4) is 11.5 Å². The lowest BCUT2D eigenvalue weighted by Gasteiger charge is -2.36. The van der Waals surface area contributed by atoms with Crippen molar-refractivity contribution in [1.82, 2.24) is 9.80 Å². The highest BCUT2D eigenvalue weighted by Gasteiger charge is 2.31. The number of amides is 2. The number of carbonyl (C=O) groups excluding carboxylic acids is 1. The maximum atomic E-state index is 13.1. The fraction of sp³-hybridized carbons (Fsp3) is 0.519. The van der Waals surface area contributed by atoms with Crippen molar-refractivity contribution in [2.24, 2.45) is 0 Å². The zero-order valence-electron chi connectivity index (χ0n) is 22.1. The van der Waals surface area contributed by atoms with E-state index in [1.807, 2.05) is 4.90 Å². The van der Waals surface area contributed by atoms with Gasteiger partial charge in [-0.1, -0.05) is 6.07 Å². The first kappa shape index (κ1) is 28.4. The van der Waals surface area contributed by atoms with Gasteiger partial charge in [0.1, 0.15) is 6.61 Å². The van der Waals surface area contributed by atoms with E-state index in [2.05, 4.69) is 37.9 Å². The highest BCUT2D eigenvalue weighted by molar-refractivity contribution is 5.90. The molecule has 3 rings (SSSR count). The molecule has 10 heteroatoms. The summed E-state index contributed by atoms with van der Waals surface area (Å²) in [6, 6.07) is 11.0. The number of halogens is 3. The Morgan fingerprint density at radius 3 is 2.27 bits per heavy atom. The minimum absolute atomic E-state index is 0.273. The Hall–Kier alpha value is -3.14. The number of hydrogen-bond donors (Lipinski definition) is 1. The Kier molecular flexibility index (Phi) is 9.53. The Bertz CT molecular complexity index is 1030. The van der Waals surface area contributed by atoms with Crippen molar-refractivity contribution in [1.29, 1.82) is 0 Å². The van der Waals surface area contributed by atoms with Gasteiger partial charge in [-0.3, -0.25) is 4.90 Å². The van der Waals surface area contributed by atoms with Crippen LogP contribution in [0.1, 0.15) is 33.3 Å². The van der Waals surface area contributed by atoms with E-state index in [0.29, 0.717) is 67.7 Å². The number of nitrogens with one attached hydrogen (secondary N) is 1.